The average Bonchev–Trinajstić information content (AvgIpc) is 3.38. The Morgan fingerprint density at radius 3 is 3.08 bits per heavy atom. The van der Waals surface area contributed by atoms with Crippen LogP contribution in [0.15, 0.2) is 22.7 Å². The maximum Gasteiger partial charge on any atom is 0.246 e. The first kappa shape index (κ1) is 15.9. The van der Waals surface area contributed by atoms with E-state index >= 15 is 0 Å². The van der Waals surface area contributed by atoms with E-state index in [1.165, 1.54) is 0 Å². The Kier molecular flexibility index (Phi) is 4.29. The number of hydrogen-bond acceptors (Lipinski definition) is 6. The number of carbonyl (C=O) groups is 1. The number of para-hydroxylation sites is 1. The fourth-order valence-corrected chi connectivity index (χ4v) is 2.99. The summed E-state index contributed by atoms with van der Waals surface area (Å²) in [4.78, 5) is 16.7. The van der Waals surface area contributed by atoms with Gasteiger partial charge in [0.05, 0.1) is 19.1 Å². The molecule has 1 fully saturated rings. The van der Waals surface area contributed by atoms with Gasteiger partial charge in [0.1, 0.15) is 6.61 Å². The average molecular weight is 343 g/mol. The summed E-state index contributed by atoms with van der Waals surface area (Å²) < 4.78 is 16.6. The van der Waals surface area contributed by atoms with E-state index in [0.717, 1.165) is 35.7 Å². The number of fused-ring (bicyclic) bond motifs is 1. The lowest BCUT2D eigenvalue weighted by Gasteiger charge is -2.25. The van der Waals surface area contributed by atoms with Gasteiger partial charge in [0, 0.05) is 5.92 Å². The van der Waals surface area contributed by atoms with Crippen LogP contribution in [-0.2, 0) is 17.8 Å². The van der Waals surface area contributed by atoms with Crippen LogP contribution in [-0.4, -0.2) is 29.3 Å². The second kappa shape index (κ2) is 6.74. The molecule has 1 N–H and O–H groups in total. The van der Waals surface area contributed by atoms with Gasteiger partial charge in [-0.15, -0.1) is 0 Å². The summed E-state index contributed by atoms with van der Waals surface area (Å²) in [7, 11) is 0. The summed E-state index contributed by atoms with van der Waals surface area (Å²) in [6.07, 6.45) is 2.86. The van der Waals surface area contributed by atoms with Gasteiger partial charge in [-0.2, -0.15) is 4.98 Å². The highest BCUT2D eigenvalue weighted by Crippen LogP contribution is 2.38. The van der Waals surface area contributed by atoms with Gasteiger partial charge in [-0.25, -0.2) is 0 Å². The van der Waals surface area contributed by atoms with Crippen molar-refractivity contribution in [2.45, 2.75) is 38.6 Å². The lowest BCUT2D eigenvalue weighted by molar-refractivity contribution is -0.126. The van der Waals surface area contributed by atoms with Gasteiger partial charge >= 0.3 is 0 Å². The smallest absolute Gasteiger partial charge is 0.246 e. The quantitative estimate of drug-likeness (QED) is 0.865. The minimum absolute atomic E-state index is 0.0707. The third-order valence-corrected chi connectivity index (χ3v) is 4.47. The summed E-state index contributed by atoms with van der Waals surface area (Å²) in [6.45, 7) is 3.10. The molecule has 1 aromatic heterocycles. The van der Waals surface area contributed by atoms with Crippen molar-refractivity contribution in [2.75, 3.05) is 13.2 Å². The first-order valence-electron chi connectivity index (χ1n) is 8.72. The highest BCUT2D eigenvalue weighted by molar-refractivity contribution is 5.79. The number of benzene rings is 1. The topological polar surface area (TPSA) is 86.5 Å². The molecule has 1 unspecified atom stereocenters. The van der Waals surface area contributed by atoms with Crippen molar-refractivity contribution < 1.29 is 18.8 Å². The molecule has 1 atom stereocenters. The van der Waals surface area contributed by atoms with E-state index in [1.54, 1.807) is 0 Å². The first-order valence-corrected chi connectivity index (χ1v) is 8.72. The van der Waals surface area contributed by atoms with Crippen molar-refractivity contribution in [2.24, 2.45) is 5.92 Å². The molecule has 0 radical (unpaired) electrons. The number of aromatic nitrogens is 2. The molecule has 2 heterocycles. The van der Waals surface area contributed by atoms with Crippen LogP contribution in [0.4, 0.5) is 0 Å². The van der Waals surface area contributed by atoms with E-state index in [9.17, 15) is 4.79 Å². The lowest BCUT2D eigenvalue weighted by atomic mass is 9.95. The molecular weight excluding hydrogens is 322 g/mol. The largest absolute Gasteiger partial charge is 0.490 e. The van der Waals surface area contributed by atoms with Crippen molar-refractivity contribution in [3.63, 3.8) is 0 Å². The van der Waals surface area contributed by atoms with Gasteiger partial charge in [0.15, 0.2) is 17.3 Å². The molecule has 0 bridgehead atoms. The molecule has 7 nitrogen and oxygen atoms in total. The number of hydrogen-bond donors (Lipinski definition) is 1. The lowest BCUT2D eigenvalue weighted by Crippen LogP contribution is -2.37. The number of nitrogens with zero attached hydrogens (tertiary/aromatic N) is 2. The fraction of sp³-hybridized carbons (Fsp3) is 0.500. The van der Waals surface area contributed by atoms with Crippen LogP contribution in [0.1, 0.15) is 43.0 Å². The summed E-state index contributed by atoms with van der Waals surface area (Å²) in [5, 5.41) is 6.82. The molecule has 1 aromatic carbocycles. The Hall–Kier alpha value is -2.57. The van der Waals surface area contributed by atoms with Crippen LogP contribution in [0, 0.1) is 5.92 Å². The molecule has 0 saturated heterocycles. The summed E-state index contributed by atoms with van der Waals surface area (Å²) in [5.41, 5.74) is 0.992. The zero-order chi connectivity index (χ0) is 17.2. The first-order chi connectivity index (χ1) is 12.2. The van der Waals surface area contributed by atoms with E-state index in [2.05, 4.69) is 15.5 Å². The van der Waals surface area contributed by atoms with E-state index in [4.69, 9.17) is 14.0 Å². The van der Waals surface area contributed by atoms with Crippen LogP contribution in [0.3, 0.4) is 0 Å². The Bertz CT molecular complexity index is 769. The third-order valence-electron chi connectivity index (χ3n) is 4.47. The molecule has 132 valence electrons. The van der Waals surface area contributed by atoms with Crippen molar-refractivity contribution in [3.05, 3.63) is 35.5 Å². The van der Waals surface area contributed by atoms with Crippen molar-refractivity contribution in [1.82, 2.24) is 15.5 Å². The standard InChI is InChI=1S/C18H21N3O4/c1-2-23-14-5-3-4-12-8-13(10-24-16(12)14)18(22)19-9-15-20-17(21-25-15)11-6-7-11/h3-5,11,13H,2,6-10H2,1H3,(H,19,22). The molecule has 2 aliphatic rings. The van der Waals surface area contributed by atoms with Crippen LogP contribution < -0.4 is 14.8 Å². The van der Waals surface area contributed by atoms with E-state index < -0.39 is 0 Å². The van der Waals surface area contributed by atoms with Crippen LogP contribution in [0.2, 0.25) is 0 Å². The van der Waals surface area contributed by atoms with E-state index in [1.807, 2.05) is 25.1 Å². The third kappa shape index (κ3) is 3.45. The van der Waals surface area contributed by atoms with Crippen molar-refractivity contribution in [3.8, 4) is 11.5 Å². The van der Waals surface area contributed by atoms with Crippen LogP contribution in [0.25, 0.3) is 0 Å². The maximum atomic E-state index is 12.4. The Balaban J connectivity index is 1.35. The second-order valence-electron chi connectivity index (χ2n) is 6.43. The van der Waals surface area contributed by atoms with E-state index in [0.29, 0.717) is 31.4 Å². The predicted octanol–water partition coefficient (Wildman–Crippen LogP) is 2.21. The molecule has 1 amide bonds. The minimum atomic E-state index is -0.241. The zero-order valence-electron chi connectivity index (χ0n) is 14.2. The molecule has 1 saturated carbocycles. The number of nitrogens with one attached hydrogen (secondary N) is 1. The predicted molar refractivity (Wildman–Crippen MR) is 88.4 cm³/mol. The van der Waals surface area contributed by atoms with Crippen molar-refractivity contribution in [1.29, 1.82) is 0 Å². The van der Waals surface area contributed by atoms with Gasteiger partial charge in [0.2, 0.25) is 11.8 Å². The molecule has 4 rings (SSSR count). The SMILES string of the molecule is CCOc1cccc2c1OCC(C(=O)NCc1nc(C3CC3)no1)C2. The molecule has 0 spiro atoms. The zero-order valence-corrected chi connectivity index (χ0v) is 14.2. The van der Waals surface area contributed by atoms with Gasteiger partial charge < -0.3 is 19.3 Å². The Morgan fingerprint density at radius 2 is 2.28 bits per heavy atom. The second-order valence-corrected chi connectivity index (χ2v) is 6.43. The maximum absolute atomic E-state index is 12.4. The fourth-order valence-electron chi connectivity index (χ4n) is 2.99. The van der Waals surface area contributed by atoms with Crippen molar-refractivity contribution >= 4 is 5.91 Å². The molecular formula is C18H21N3O4. The molecule has 25 heavy (non-hydrogen) atoms. The summed E-state index contributed by atoms with van der Waals surface area (Å²) in [6, 6.07) is 5.78. The number of carbonyl (C=O) groups excluding carboxylic acids is 1. The van der Waals surface area contributed by atoms with E-state index in [-0.39, 0.29) is 18.4 Å². The monoisotopic (exact) mass is 343 g/mol. The van der Waals surface area contributed by atoms with Gasteiger partial charge in [0.25, 0.3) is 0 Å². The highest BCUT2D eigenvalue weighted by atomic mass is 16.5. The normalized spacial score (nSPS) is 19.0. The van der Waals surface area contributed by atoms with Crippen LogP contribution in [0.5, 0.6) is 11.5 Å². The number of amides is 1. The minimum Gasteiger partial charge on any atom is -0.490 e. The molecule has 7 heteroatoms. The number of ether oxygens (including phenoxy) is 2. The Morgan fingerprint density at radius 1 is 1.40 bits per heavy atom. The van der Waals surface area contributed by atoms with Crippen LogP contribution >= 0.6 is 0 Å². The van der Waals surface area contributed by atoms with Gasteiger partial charge in [-0.05, 0) is 37.8 Å². The Labute approximate surface area is 145 Å². The summed E-state index contributed by atoms with van der Waals surface area (Å²) >= 11 is 0. The molecule has 1 aliphatic heterocycles. The molecule has 2 aromatic rings. The molecule has 1 aliphatic carbocycles. The van der Waals surface area contributed by atoms with Gasteiger partial charge in [-0.1, -0.05) is 17.3 Å². The highest BCUT2D eigenvalue weighted by Gasteiger charge is 2.30. The van der Waals surface area contributed by atoms with Gasteiger partial charge in [-0.3, -0.25) is 4.79 Å². The number of rotatable bonds is 6. The summed E-state index contributed by atoms with van der Waals surface area (Å²) in [5.74, 6) is 2.81.